The van der Waals surface area contributed by atoms with Crippen LogP contribution in [0.15, 0.2) is 24.5 Å². The summed E-state index contributed by atoms with van der Waals surface area (Å²) in [5.74, 6) is -1.62. The van der Waals surface area contributed by atoms with Gasteiger partial charge in [-0.1, -0.05) is 0 Å². The number of hydrogen-bond donors (Lipinski definition) is 1. The molecule has 1 rings (SSSR count). The Morgan fingerprint density at radius 1 is 1.44 bits per heavy atom. The zero-order valence-electron chi connectivity index (χ0n) is 9.47. The Bertz CT molecular complexity index is 401. The van der Waals surface area contributed by atoms with Crippen molar-refractivity contribution >= 4 is 17.6 Å². The molecule has 1 heterocycles. The number of carboxylic acids is 1. The van der Waals surface area contributed by atoms with Crippen LogP contribution in [0, 0.1) is 5.41 Å². The summed E-state index contributed by atoms with van der Waals surface area (Å²) in [7, 11) is 1.53. The number of carbonyl (C=O) groups excluding carboxylic acids is 1. The fourth-order valence-electron chi connectivity index (χ4n) is 1.18. The number of amides is 1. The van der Waals surface area contributed by atoms with Gasteiger partial charge in [0.2, 0.25) is 5.91 Å². The fourth-order valence-corrected chi connectivity index (χ4v) is 1.18. The number of hydrogen-bond acceptors (Lipinski definition) is 3. The molecule has 0 atom stereocenters. The fraction of sp³-hybridized carbons (Fsp3) is 0.364. The van der Waals surface area contributed by atoms with Crippen molar-refractivity contribution in [1.82, 2.24) is 4.98 Å². The second kappa shape index (κ2) is 4.30. The van der Waals surface area contributed by atoms with E-state index in [1.165, 1.54) is 32.0 Å². The van der Waals surface area contributed by atoms with E-state index in [1.807, 2.05) is 0 Å². The van der Waals surface area contributed by atoms with E-state index in [2.05, 4.69) is 4.98 Å². The van der Waals surface area contributed by atoms with Crippen LogP contribution in [0.4, 0.5) is 5.69 Å². The van der Waals surface area contributed by atoms with E-state index >= 15 is 0 Å². The lowest BCUT2D eigenvalue weighted by atomic mass is 9.92. The normalized spacial score (nSPS) is 10.9. The lowest BCUT2D eigenvalue weighted by Crippen LogP contribution is -2.43. The zero-order valence-corrected chi connectivity index (χ0v) is 9.47. The van der Waals surface area contributed by atoms with Crippen LogP contribution in [0.3, 0.4) is 0 Å². The summed E-state index contributed by atoms with van der Waals surface area (Å²) >= 11 is 0. The highest BCUT2D eigenvalue weighted by molar-refractivity contribution is 6.08. The topological polar surface area (TPSA) is 70.5 Å². The van der Waals surface area contributed by atoms with Crippen LogP contribution in [0.25, 0.3) is 0 Å². The quantitative estimate of drug-likeness (QED) is 0.779. The summed E-state index contributed by atoms with van der Waals surface area (Å²) in [5, 5.41) is 8.94. The SMILES string of the molecule is CN(C(=O)C(C)(C)C(=O)O)c1cccnc1. The first-order valence-corrected chi connectivity index (χ1v) is 4.79. The first kappa shape index (κ1) is 12.2. The Balaban J connectivity index is 2.96. The third kappa shape index (κ3) is 2.18. The predicted octanol–water partition coefficient (Wildman–Crippen LogP) is 1.16. The molecule has 5 nitrogen and oxygen atoms in total. The van der Waals surface area contributed by atoms with Crippen molar-refractivity contribution < 1.29 is 14.7 Å². The third-order valence-electron chi connectivity index (χ3n) is 2.41. The van der Waals surface area contributed by atoms with Gasteiger partial charge in [0.25, 0.3) is 0 Å². The number of aromatic nitrogens is 1. The van der Waals surface area contributed by atoms with Gasteiger partial charge in [-0.05, 0) is 26.0 Å². The van der Waals surface area contributed by atoms with Crippen LogP contribution in [0.2, 0.25) is 0 Å². The maximum absolute atomic E-state index is 11.9. The van der Waals surface area contributed by atoms with E-state index < -0.39 is 17.3 Å². The molecule has 86 valence electrons. The van der Waals surface area contributed by atoms with Crippen LogP contribution in [0.5, 0.6) is 0 Å². The number of rotatable bonds is 3. The molecule has 0 saturated heterocycles. The van der Waals surface area contributed by atoms with Gasteiger partial charge < -0.3 is 10.0 Å². The molecule has 0 bridgehead atoms. The predicted molar refractivity (Wildman–Crippen MR) is 59.1 cm³/mol. The highest BCUT2D eigenvalue weighted by atomic mass is 16.4. The first-order valence-electron chi connectivity index (χ1n) is 4.79. The Hall–Kier alpha value is -1.91. The molecule has 1 amide bonds. The van der Waals surface area contributed by atoms with Crippen molar-refractivity contribution in [3.8, 4) is 0 Å². The molecular formula is C11H14N2O3. The van der Waals surface area contributed by atoms with Gasteiger partial charge in [-0.2, -0.15) is 0 Å². The van der Waals surface area contributed by atoms with Crippen molar-refractivity contribution in [3.05, 3.63) is 24.5 Å². The lowest BCUT2D eigenvalue weighted by molar-refractivity contribution is -0.152. The number of carboxylic acid groups (broad SMARTS) is 1. The summed E-state index contributed by atoms with van der Waals surface area (Å²) in [6.45, 7) is 2.76. The third-order valence-corrected chi connectivity index (χ3v) is 2.41. The zero-order chi connectivity index (χ0) is 12.3. The minimum atomic E-state index is -1.44. The smallest absolute Gasteiger partial charge is 0.318 e. The van der Waals surface area contributed by atoms with Gasteiger partial charge in [-0.3, -0.25) is 14.6 Å². The van der Waals surface area contributed by atoms with Gasteiger partial charge in [0, 0.05) is 13.2 Å². The van der Waals surface area contributed by atoms with Crippen LogP contribution >= 0.6 is 0 Å². The van der Waals surface area contributed by atoms with Gasteiger partial charge in [-0.15, -0.1) is 0 Å². The van der Waals surface area contributed by atoms with E-state index in [-0.39, 0.29) is 0 Å². The molecule has 0 radical (unpaired) electrons. The largest absolute Gasteiger partial charge is 0.480 e. The van der Waals surface area contributed by atoms with Gasteiger partial charge in [-0.25, -0.2) is 0 Å². The molecule has 0 aliphatic rings. The number of nitrogens with zero attached hydrogens (tertiary/aromatic N) is 2. The van der Waals surface area contributed by atoms with Gasteiger partial charge in [0.1, 0.15) is 5.41 Å². The van der Waals surface area contributed by atoms with Crippen LogP contribution in [-0.4, -0.2) is 29.0 Å². The van der Waals surface area contributed by atoms with Crippen molar-refractivity contribution in [2.24, 2.45) is 5.41 Å². The van der Waals surface area contributed by atoms with Crippen LogP contribution in [0.1, 0.15) is 13.8 Å². The van der Waals surface area contributed by atoms with E-state index in [9.17, 15) is 9.59 Å². The number of pyridine rings is 1. The molecular weight excluding hydrogens is 208 g/mol. The number of aliphatic carboxylic acids is 1. The highest BCUT2D eigenvalue weighted by Gasteiger charge is 2.38. The summed E-state index contributed by atoms with van der Waals surface area (Å²) in [6, 6.07) is 3.38. The standard InChI is InChI=1S/C11H14N2O3/c1-11(2,10(15)16)9(14)13(3)8-5-4-6-12-7-8/h4-7H,1-3H3,(H,15,16). The molecule has 0 fully saturated rings. The molecule has 1 aromatic heterocycles. The maximum atomic E-state index is 11.9. The van der Waals surface area contributed by atoms with E-state index in [0.717, 1.165) is 0 Å². The van der Waals surface area contributed by atoms with Crippen LogP contribution in [-0.2, 0) is 9.59 Å². The van der Waals surface area contributed by atoms with Gasteiger partial charge >= 0.3 is 5.97 Å². The van der Waals surface area contributed by atoms with Crippen molar-refractivity contribution in [2.75, 3.05) is 11.9 Å². The second-order valence-electron chi connectivity index (χ2n) is 4.01. The monoisotopic (exact) mass is 222 g/mol. The van der Waals surface area contributed by atoms with E-state index in [1.54, 1.807) is 18.3 Å². The second-order valence-corrected chi connectivity index (χ2v) is 4.01. The van der Waals surface area contributed by atoms with Crippen LogP contribution < -0.4 is 4.90 Å². The molecule has 0 unspecified atom stereocenters. The highest BCUT2D eigenvalue weighted by Crippen LogP contribution is 2.22. The summed E-state index contributed by atoms with van der Waals surface area (Å²) in [4.78, 5) is 28.0. The Kier molecular flexibility index (Phi) is 3.27. The van der Waals surface area contributed by atoms with E-state index in [4.69, 9.17) is 5.11 Å². The molecule has 0 aliphatic carbocycles. The maximum Gasteiger partial charge on any atom is 0.318 e. The summed E-state index contributed by atoms with van der Waals surface area (Å²) in [6.07, 6.45) is 3.10. The van der Waals surface area contributed by atoms with Crippen molar-refractivity contribution in [1.29, 1.82) is 0 Å². The Morgan fingerprint density at radius 3 is 2.50 bits per heavy atom. The molecule has 0 aliphatic heterocycles. The van der Waals surface area contributed by atoms with E-state index in [0.29, 0.717) is 5.69 Å². The molecule has 0 aromatic carbocycles. The summed E-state index contributed by atoms with van der Waals surface area (Å²) < 4.78 is 0. The summed E-state index contributed by atoms with van der Waals surface area (Å²) in [5.41, 5.74) is -0.869. The Morgan fingerprint density at radius 2 is 2.06 bits per heavy atom. The number of anilines is 1. The molecule has 5 heteroatoms. The Labute approximate surface area is 93.7 Å². The minimum absolute atomic E-state index is 0.479. The van der Waals surface area contributed by atoms with Crippen molar-refractivity contribution in [3.63, 3.8) is 0 Å². The minimum Gasteiger partial charge on any atom is -0.480 e. The van der Waals surface area contributed by atoms with Crippen molar-refractivity contribution in [2.45, 2.75) is 13.8 Å². The van der Waals surface area contributed by atoms with Gasteiger partial charge in [0.15, 0.2) is 0 Å². The first-order chi connectivity index (χ1) is 7.37. The van der Waals surface area contributed by atoms with Gasteiger partial charge in [0.05, 0.1) is 11.9 Å². The molecule has 1 N–H and O–H groups in total. The number of carbonyl (C=O) groups is 2. The average molecular weight is 222 g/mol. The molecule has 1 aromatic rings. The lowest BCUT2D eigenvalue weighted by Gasteiger charge is -2.25. The average Bonchev–Trinajstić information content (AvgIpc) is 2.28. The molecule has 0 saturated carbocycles. The molecule has 0 spiro atoms. The molecule has 16 heavy (non-hydrogen) atoms.